The molecule has 0 bridgehead atoms. The van der Waals surface area contributed by atoms with Gasteiger partial charge in [0.2, 0.25) is 5.91 Å². The predicted octanol–water partition coefficient (Wildman–Crippen LogP) is 5.42. The molecule has 1 aliphatic rings. The third kappa shape index (κ3) is 10.0. The number of carbonyl (C=O) groups excluding carboxylic acids is 4. The summed E-state index contributed by atoms with van der Waals surface area (Å²) in [5.74, 6) is -1.06. The number of likely N-dealkylation sites (tertiary alicyclic amines) is 1. The van der Waals surface area contributed by atoms with E-state index < -0.39 is 30.1 Å². The van der Waals surface area contributed by atoms with Crippen LogP contribution in [0.4, 0.5) is 9.59 Å². The van der Waals surface area contributed by atoms with E-state index in [9.17, 15) is 19.2 Å². The minimum absolute atomic E-state index is 0.0108. The number of nitrogens with zero attached hydrogens (tertiary/aromatic N) is 3. The molecule has 3 aromatic carbocycles. The van der Waals surface area contributed by atoms with Gasteiger partial charge in [-0.3, -0.25) is 4.79 Å². The van der Waals surface area contributed by atoms with Crippen molar-refractivity contribution in [3.8, 4) is 0 Å². The Bertz CT molecular complexity index is 1610. The zero-order valence-corrected chi connectivity index (χ0v) is 26.0. The summed E-state index contributed by atoms with van der Waals surface area (Å²) in [6.45, 7) is 0.731. The van der Waals surface area contributed by atoms with Gasteiger partial charge in [-0.1, -0.05) is 91.0 Å². The number of benzene rings is 3. The normalized spacial score (nSPS) is 14.9. The summed E-state index contributed by atoms with van der Waals surface area (Å²) >= 11 is 0. The van der Waals surface area contributed by atoms with Crippen LogP contribution in [0.2, 0.25) is 0 Å². The molecule has 2 atom stereocenters. The maximum Gasteiger partial charge on any atom is 0.419 e. The number of piperidine rings is 1. The van der Waals surface area contributed by atoms with Crippen LogP contribution >= 0.6 is 0 Å². The highest BCUT2D eigenvalue weighted by Gasteiger charge is 2.32. The number of rotatable bonds is 12. The number of imidazole rings is 1. The fourth-order valence-electron chi connectivity index (χ4n) is 5.32. The van der Waals surface area contributed by atoms with Gasteiger partial charge in [-0.25, -0.2) is 23.9 Å². The SMILES string of the molecule is O=C(C[C@@H]1CCCCN1C(=O)OCc1ccccc1)N[C@@H](Cc1cn(C(=O)OCc2ccccc2)cn1)C(=O)OCc1ccccc1. The highest BCUT2D eigenvalue weighted by molar-refractivity contribution is 5.85. The molecule has 1 saturated heterocycles. The third-order valence-corrected chi connectivity index (χ3v) is 7.80. The van der Waals surface area contributed by atoms with Crippen molar-refractivity contribution in [3.63, 3.8) is 0 Å². The van der Waals surface area contributed by atoms with Crippen molar-refractivity contribution in [2.75, 3.05) is 6.54 Å². The lowest BCUT2D eigenvalue weighted by Crippen LogP contribution is -2.49. The molecule has 5 rings (SSSR count). The van der Waals surface area contributed by atoms with Crippen LogP contribution in [0.15, 0.2) is 104 Å². The highest BCUT2D eigenvalue weighted by atomic mass is 16.6. The van der Waals surface area contributed by atoms with Crippen molar-refractivity contribution in [1.29, 1.82) is 0 Å². The molecule has 0 spiro atoms. The van der Waals surface area contributed by atoms with E-state index in [1.165, 1.54) is 17.1 Å². The van der Waals surface area contributed by atoms with E-state index in [0.717, 1.165) is 29.5 Å². The largest absolute Gasteiger partial charge is 0.459 e. The van der Waals surface area contributed by atoms with E-state index in [1.807, 2.05) is 91.0 Å². The number of ether oxygens (including phenoxy) is 3. The molecule has 0 saturated carbocycles. The molecule has 244 valence electrons. The summed E-state index contributed by atoms with van der Waals surface area (Å²) in [5.41, 5.74) is 2.89. The van der Waals surface area contributed by atoms with Gasteiger partial charge >= 0.3 is 18.2 Å². The Morgan fingerprint density at radius 2 is 1.30 bits per heavy atom. The Balaban J connectivity index is 1.21. The van der Waals surface area contributed by atoms with Gasteiger partial charge in [-0.05, 0) is 36.0 Å². The first-order valence-electron chi connectivity index (χ1n) is 15.7. The molecule has 0 unspecified atom stereocenters. The molecule has 11 heteroatoms. The Kier molecular flexibility index (Phi) is 11.7. The van der Waals surface area contributed by atoms with Crippen molar-refractivity contribution < 1.29 is 33.4 Å². The zero-order chi connectivity index (χ0) is 32.8. The summed E-state index contributed by atoms with van der Waals surface area (Å²) in [6, 6.07) is 26.4. The second kappa shape index (κ2) is 16.7. The van der Waals surface area contributed by atoms with E-state index in [-0.39, 0.29) is 38.7 Å². The number of nitrogens with one attached hydrogen (secondary N) is 1. The fraction of sp³-hybridized carbons (Fsp3) is 0.306. The standard InChI is InChI=1S/C36H38N4O7/c41-33(21-31-18-10-11-19-40(31)36(44)47-25-29-16-8-3-9-17-29)38-32(34(42)45-23-27-12-4-1-5-13-27)20-30-22-39(26-37-30)35(43)46-24-28-14-6-2-7-15-28/h1-9,12-17,22,26,31-32H,10-11,18-21,23-25H2,(H,38,41)/t31-,32-/m0/s1. The van der Waals surface area contributed by atoms with Crippen molar-refractivity contribution in [2.24, 2.45) is 0 Å². The Morgan fingerprint density at radius 1 is 0.745 bits per heavy atom. The molecule has 1 fully saturated rings. The monoisotopic (exact) mass is 638 g/mol. The first-order valence-corrected chi connectivity index (χ1v) is 15.7. The van der Waals surface area contributed by atoms with Gasteiger partial charge in [0.05, 0.1) is 5.69 Å². The Hall–Kier alpha value is -5.45. The maximum absolute atomic E-state index is 13.4. The molecule has 2 amide bonds. The Morgan fingerprint density at radius 3 is 1.89 bits per heavy atom. The van der Waals surface area contributed by atoms with Crippen LogP contribution in [0.25, 0.3) is 0 Å². The highest BCUT2D eigenvalue weighted by Crippen LogP contribution is 2.21. The number of hydrogen-bond acceptors (Lipinski definition) is 8. The lowest BCUT2D eigenvalue weighted by molar-refractivity contribution is -0.149. The second-order valence-electron chi connectivity index (χ2n) is 11.3. The lowest BCUT2D eigenvalue weighted by atomic mass is 9.99. The topological polar surface area (TPSA) is 129 Å². The van der Waals surface area contributed by atoms with Crippen LogP contribution in [-0.4, -0.2) is 57.1 Å². The molecule has 11 nitrogen and oxygen atoms in total. The molecule has 4 aromatic rings. The van der Waals surface area contributed by atoms with Crippen molar-refractivity contribution >= 4 is 24.1 Å². The molecule has 47 heavy (non-hydrogen) atoms. The molecule has 0 aliphatic carbocycles. The van der Waals surface area contributed by atoms with E-state index >= 15 is 0 Å². The van der Waals surface area contributed by atoms with Gasteiger partial charge in [0.15, 0.2) is 0 Å². The van der Waals surface area contributed by atoms with Gasteiger partial charge in [0.25, 0.3) is 0 Å². The average molecular weight is 639 g/mol. The van der Waals surface area contributed by atoms with E-state index in [1.54, 1.807) is 4.90 Å². The quantitative estimate of drug-likeness (QED) is 0.161. The van der Waals surface area contributed by atoms with Gasteiger partial charge in [-0.15, -0.1) is 0 Å². The first-order chi connectivity index (χ1) is 22.9. The van der Waals surface area contributed by atoms with Gasteiger partial charge in [0.1, 0.15) is 32.2 Å². The number of hydrogen-bond donors (Lipinski definition) is 1. The second-order valence-corrected chi connectivity index (χ2v) is 11.3. The van der Waals surface area contributed by atoms with Crippen molar-refractivity contribution in [2.45, 2.75) is 64.0 Å². The van der Waals surface area contributed by atoms with Gasteiger partial charge in [-0.2, -0.15) is 0 Å². The molecule has 1 aromatic heterocycles. The minimum Gasteiger partial charge on any atom is -0.459 e. The van der Waals surface area contributed by atoms with Gasteiger partial charge < -0.3 is 24.4 Å². The average Bonchev–Trinajstić information content (AvgIpc) is 3.58. The molecule has 1 aliphatic heterocycles. The van der Waals surface area contributed by atoms with Crippen LogP contribution < -0.4 is 5.32 Å². The first kappa shape index (κ1) is 32.9. The summed E-state index contributed by atoms with van der Waals surface area (Å²) in [6.07, 6.45) is 3.93. The summed E-state index contributed by atoms with van der Waals surface area (Å²) in [7, 11) is 0. The van der Waals surface area contributed by atoms with Crippen LogP contribution in [0.5, 0.6) is 0 Å². The van der Waals surface area contributed by atoms with Gasteiger partial charge in [0, 0.05) is 31.6 Å². The van der Waals surface area contributed by atoms with E-state index in [4.69, 9.17) is 14.2 Å². The smallest absolute Gasteiger partial charge is 0.419 e. The molecular formula is C36H38N4O7. The fourth-order valence-corrected chi connectivity index (χ4v) is 5.32. The minimum atomic E-state index is -1.09. The maximum atomic E-state index is 13.4. The van der Waals surface area contributed by atoms with Crippen molar-refractivity contribution in [1.82, 2.24) is 19.8 Å². The summed E-state index contributed by atoms with van der Waals surface area (Å²) in [4.78, 5) is 58.1. The predicted molar refractivity (Wildman–Crippen MR) is 172 cm³/mol. The third-order valence-electron chi connectivity index (χ3n) is 7.80. The van der Waals surface area contributed by atoms with E-state index in [2.05, 4.69) is 10.3 Å². The van der Waals surface area contributed by atoms with E-state index in [0.29, 0.717) is 18.7 Å². The summed E-state index contributed by atoms with van der Waals surface area (Å²) < 4.78 is 17.7. The molecule has 2 heterocycles. The lowest BCUT2D eigenvalue weighted by Gasteiger charge is -2.34. The zero-order valence-electron chi connectivity index (χ0n) is 26.0. The number of aromatic nitrogens is 2. The molecular weight excluding hydrogens is 600 g/mol. The van der Waals surface area contributed by atoms with Crippen LogP contribution in [0.3, 0.4) is 0 Å². The van der Waals surface area contributed by atoms with Crippen molar-refractivity contribution in [3.05, 3.63) is 126 Å². The van der Waals surface area contributed by atoms with Crippen LogP contribution in [0, 0.1) is 0 Å². The molecule has 1 N–H and O–H groups in total. The number of amides is 2. The Labute approximate surface area is 273 Å². The summed E-state index contributed by atoms with van der Waals surface area (Å²) in [5, 5.41) is 2.79. The number of carbonyl (C=O) groups is 4. The number of esters is 1. The van der Waals surface area contributed by atoms with Crippen LogP contribution in [0.1, 0.15) is 48.1 Å². The van der Waals surface area contributed by atoms with Crippen LogP contribution in [-0.2, 0) is 50.0 Å². The molecule has 0 radical (unpaired) electrons.